The molecule has 1 aromatic carbocycles. The van der Waals surface area contributed by atoms with E-state index < -0.39 is 0 Å². The molecule has 1 fully saturated rings. The second kappa shape index (κ2) is 4.17. The minimum atomic E-state index is -0.143. The molecule has 0 radical (unpaired) electrons. The van der Waals surface area contributed by atoms with Gasteiger partial charge >= 0.3 is 0 Å². The van der Waals surface area contributed by atoms with Crippen LogP contribution >= 0.6 is 0 Å². The Morgan fingerprint density at radius 2 is 1.88 bits per heavy atom. The van der Waals surface area contributed by atoms with Gasteiger partial charge in [0.05, 0.1) is 6.54 Å². The lowest BCUT2D eigenvalue weighted by Gasteiger charge is -2.37. The molecule has 0 aliphatic carbocycles. The summed E-state index contributed by atoms with van der Waals surface area (Å²) in [7, 11) is 0. The fourth-order valence-corrected chi connectivity index (χ4v) is 2.16. The second-order valence-electron chi connectivity index (χ2n) is 5.75. The van der Waals surface area contributed by atoms with Crippen molar-refractivity contribution in [3.05, 3.63) is 29.3 Å². The van der Waals surface area contributed by atoms with Crippen molar-refractivity contribution in [2.24, 2.45) is 5.41 Å². The van der Waals surface area contributed by atoms with Gasteiger partial charge in [-0.1, -0.05) is 19.9 Å². The van der Waals surface area contributed by atoms with Crippen molar-refractivity contribution in [3.63, 3.8) is 0 Å². The number of Topliss-reactive ketones (excluding diaryl/α,β-unsaturated/α-hetero) is 1. The number of piperidine rings is 1. The van der Waals surface area contributed by atoms with E-state index >= 15 is 0 Å². The zero-order valence-corrected chi connectivity index (χ0v) is 11.2. The Morgan fingerprint density at radius 3 is 2.47 bits per heavy atom. The normalized spacial score (nSPS) is 19.5. The van der Waals surface area contributed by atoms with Crippen molar-refractivity contribution < 1.29 is 4.79 Å². The van der Waals surface area contributed by atoms with E-state index in [1.165, 1.54) is 16.8 Å². The highest BCUT2D eigenvalue weighted by Crippen LogP contribution is 2.30. The fraction of sp³-hybridized carbons (Fsp3) is 0.533. The lowest BCUT2D eigenvalue weighted by Crippen LogP contribution is -2.45. The van der Waals surface area contributed by atoms with E-state index in [2.05, 4.69) is 36.9 Å². The molecule has 92 valence electrons. The Morgan fingerprint density at radius 1 is 1.18 bits per heavy atom. The molecule has 0 N–H and O–H groups in total. The quantitative estimate of drug-likeness (QED) is 0.740. The van der Waals surface area contributed by atoms with E-state index in [0.717, 1.165) is 13.0 Å². The highest BCUT2D eigenvalue weighted by molar-refractivity contribution is 5.89. The van der Waals surface area contributed by atoms with Gasteiger partial charge in [-0.05, 0) is 43.5 Å². The number of ketones is 1. The molecule has 1 aliphatic heterocycles. The third-order valence-electron chi connectivity index (χ3n) is 3.95. The van der Waals surface area contributed by atoms with E-state index in [1.807, 2.05) is 13.8 Å². The third-order valence-corrected chi connectivity index (χ3v) is 3.95. The van der Waals surface area contributed by atoms with Crippen LogP contribution < -0.4 is 4.90 Å². The van der Waals surface area contributed by atoms with Crippen LogP contribution in [-0.4, -0.2) is 18.9 Å². The van der Waals surface area contributed by atoms with Gasteiger partial charge in [0.15, 0.2) is 5.78 Å². The molecule has 0 amide bonds. The first kappa shape index (κ1) is 12.2. The SMILES string of the molecule is Cc1ccc(N2CCC(C)(C)C(=O)C2)cc1C. The maximum atomic E-state index is 12.0. The molecule has 2 rings (SSSR count). The van der Waals surface area contributed by atoms with Crippen LogP contribution in [0.5, 0.6) is 0 Å². The number of hydrogen-bond donors (Lipinski definition) is 0. The summed E-state index contributed by atoms with van der Waals surface area (Å²) >= 11 is 0. The first-order valence-electron chi connectivity index (χ1n) is 6.26. The minimum absolute atomic E-state index is 0.143. The van der Waals surface area contributed by atoms with Crippen molar-refractivity contribution in [3.8, 4) is 0 Å². The van der Waals surface area contributed by atoms with Crippen LogP contribution in [0.15, 0.2) is 18.2 Å². The van der Waals surface area contributed by atoms with Gasteiger partial charge in [-0.2, -0.15) is 0 Å². The summed E-state index contributed by atoms with van der Waals surface area (Å²) in [6.45, 7) is 9.86. The molecule has 1 aromatic rings. The second-order valence-corrected chi connectivity index (χ2v) is 5.75. The van der Waals surface area contributed by atoms with Gasteiger partial charge in [0, 0.05) is 17.6 Å². The predicted octanol–water partition coefficient (Wildman–Crippen LogP) is 3.11. The number of aryl methyl sites for hydroxylation is 2. The maximum absolute atomic E-state index is 12.0. The van der Waals surface area contributed by atoms with Crippen molar-refractivity contribution >= 4 is 11.5 Å². The Hall–Kier alpha value is -1.31. The number of benzene rings is 1. The third kappa shape index (κ3) is 2.36. The number of hydrogen-bond acceptors (Lipinski definition) is 2. The Kier molecular flexibility index (Phi) is 2.98. The van der Waals surface area contributed by atoms with Gasteiger partial charge < -0.3 is 4.90 Å². The van der Waals surface area contributed by atoms with E-state index in [0.29, 0.717) is 12.3 Å². The van der Waals surface area contributed by atoms with Crippen LogP contribution in [0.25, 0.3) is 0 Å². The van der Waals surface area contributed by atoms with Crippen LogP contribution in [0.1, 0.15) is 31.4 Å². The van der Waals surface area contributed by atoms with Crippen molar-refractivity contribution in [2.75, 3.05) is 18.0 Å². The molecule has 1 heterocycles. The van der Waals surface area contributed by atoms with Gasteiger partial charge in [-0.3, -0.25) is 4.79 Å². The molecule has 0 bridgehead atoms. The monoisotopic (exact) mass is 231 g/mol. The van der Waals surface area contributed by atoms with E-state index in [1.54, 1.807) is 0 Å². The van der Waals surface area contributed by atoms with Gasteiger partial charge in [-0.15, -0.1) is 0 Å². The van der Waals surface area contributed by atoms with Gasteiger partial charge in [0.25, 0.3) is 0 Å². The van der Waals surface area contributed by atoms with Crippen LogP contribution in [0.3, 0.4) is 0 Å². The molecule has 0 unspecified atom stereocenters. The lowest BCUT2D eigenvalue weighted by atomic mass is 9.81. The van der Waals surface area contributed by atoms with Crippen LogP contribution in [0, 0.1) is 19.3 Å². The zero-order valence-electron chi connectivity index (χ0n) is 11.2. The predicted molar refractivity (Wildman–Crippen MR) is 71.5 cm³/mol. The number of rotatable bonds is 1. The molecule has 0 spiro atoms. The molecule has 17 heavy (non-hydrogen) atoms. The van der Waals surface area contributed by atoms with Gasteiger partial charge in [0.1, 0.15) is 0 Å². The molecule has 2 heteroatoms. The number of carbonyl (C=O) groups is 1. The summed E-state index contributed by atoms with van der Waals surface area (Å²) < 4.78 is 0. The minimum Gasteiger partial charge on any atom is -0.364 e. The fourth-order valence-electron chi connectivity index (χ4n) is 2.16. The topological polar surface area (TPSA) is 20.3 Å². The van der Waals surface area contributed by atoms with Crippen molar-refractivity contribution in [1.82, 2.24) is 0 Å². The van der Waals surface area contributed by atoms with Gasteiger partial charge in [0.2, 0.25) is 0 Å². The zero-order chi connectivity index (χ0) is 12.6. The van der Waals surface area contributed by atoms with Gasteiger partial charge in [-0.25, -0.2) is 0 Å². The summed E-state index contributed by atoms with van der Waals surface area (Å²) in [5.74, 6) is 0.349. The molecule has 2 nitrogen and oxygen atoms in total. The Labute approximate surface area is 104 Å². The highest BCUT2D eigenvalue weighted by atomic mass is 16.1. The van der Waals surface area contributed by atoms with Crippen molar-refractivity contribution in [2.45, 2.75) is 34.1 Å². The highest BCUT2D eigenvalue weighted by Gasteiger charge is 2.33. The molecule has 0 atom stereocenters. The number of nitrogens with zero attached hydrogens (tertiary/aromatic N) is 1. The summed E-state index contributed by atoms with van der Waals surface area (Å²) in [6.07, 6.45) is 0.943. The van der Waals surface area contributed by atoms with E-state index in [9.17, 15) is 4.79 Å². The number of carbonyl (C=O) groups excluding carboxylic acids is 1. The van der Waals surface area contributed by atoms with E-state index in [4.69, 9.17) is 0 Å². The maximum Gasteiger partial charge on any atom is 0.157 e. The summed E-state index contributed by atoms with van der Waals surface area (Å²) in [6, 6.07) is 6.43. The Bertz CT molecular complexity index is 448. The smallest absolute Gasteiger partial charge is 0.157 e. The first-order valence-corrected chi connectivity index (χ1v) is 6.26. The summed E-state index contributed by atoms with van der Waals surface area (Å²) in [5, 5.41) is 0. The standard InChI is InChI=1S/C15H21NO/c1-11-5-6-13(9-12(11)2)16-8-7-15(3,4)14(17)10-16/h5-6,9H,7-8,10H2,1-4H3. The molecule has 1 saturated heterocycles. The summed E-state index contributed by atoms with van der Waals surface area (Å²) in [5.41, 5.74) is 3.63. The molecular formula is C15H21NO. The van der Waals surface area contributed by atoms with Crippen LogP contribution in [0.2, 0.25) is 0 Å². The Balaban J connectivity index is 2.19. The molecule has 0 aromatic heterocycles. The van der Waals surface area contributed by atoms with Crippen LogP contribution in [-0.2, 0) is 4.79 Å². The lowest BCUT2D eigenvalue weighted by molar-refractivity contribution is -0.127. The molecule has 0 saturated carbocycles. The van der Waals surface area contributed by atoms with Crippen molar-refractivity contribution in [1.29, 1.82) is 0 Å². The van der Waals surface area contributed by atoms with Crippen LogP contribution in [0.4, 0.5) is 5.69 Å². The number of anilines is 1. The molecule has 1 aliphatic rings. The molecular weight excluding hydrogens is 210 g/mol. The first-order chi connectivity index (χ1) is 7.90. The van der Waals surface area contributed by atoms with E-state index in [-0.39, 0.29) is 5.41 Å². The average molecular weight is 231 g/mol. The average Bonchev–Trinajstić information content (AvgIpc) is 2.26. The summed E-state index contributed by atoms with van der Waals surface area (Å²) in [4.78, 5) is 14.2. The largest absolute Gasteiger partial charge is 0.364 e.